The number of amides is 1. The van der Waals surface area contributed by atoms with Crippen LogP contribution in [0.25, 0.3) is 0 Å². The van der Waals surface area contributed by atoms with Crippen LogP contribution in [0.15, 0.2) is 28.7 Å². The van der Waals surface area contributed by atoms with Crippen molar-refractivity contribution in [1.29, 1.82) is 0 Å². The molecule has 0 bridgehead atoms. The van der Waals surface area contributed by atoms with E-state index in [9.17, 15) is 13.2 Å². The molecular formula is C15H22N4O3S. The number of nitrogens with zero attached hydrogens (tertiary/aromatic N) is 2. The molecule has 1 aliphatic rings. The molecule has 1 unspecified atom stereocenters. The second kappa shape index (κ2) is 7.10. The Balaban J connectivity index is 2.14. The summed E-state index contributed by atoms with van der Waals surface area (Å²) in [6.45, 7) is 0.866. The summed E-state index contributed by atoms with van der Waals surface area (Å²) in [7, 11) is -0.0331. The monoisotopic (exact) mass is 338 g/mol. The van der Waals surface area contributed by atoms with Crippen LogP contribution < -0.4 is 10.6 Å². The van der Waals surface area contributed by atoms with Crippen LogP contribution in [0.2, 0.25) is 0 Å². The van der Waals surface area contributed by atoms with Gasteiger partial charge in [0, 0.05) is 25.3 Å². The highest BCUT2D eigenvalue weighted by atomic mass is 32.2. The number of hydrogen-bond donors (Lipinski definition) is 2. The predicted octanol–water partition coefficient (Wildman–Crippen LogP) is 0.645. The lowest BCUT2D eigenvalue weighted by Crippen LogP contribution is -2.35. The fourth-order valence-electron chi connectivity index (χ4n) is 2.39. The number of hydrogen-bond acceptors (Lipinski definition) is 4. The van der Waals surface area contributed by atoms with Crippen LogP contribution in [0, 0.1) is 0 Å². The van der Waals surface area contributed by atoms with E-state index in [4.69, 9.17) is 0 Å². The fourth-order valence-corrected chi connectivity index (χ4v) is 2.97. The standard InChI is InChI=1S/C15H22N4O3S/c1-19(2)14(18-23(3,21)22)11-6-8-12(9-7-11)17-15(20)13-5-4-10-16-13/h6-9,13,16H,4-5,10H2,1-3H3,(H,17,20). The molecular weight excluding hydrogens is 316 g/mol. The Bertz CT molecular complexity index is 690. The zero-order chi connectivity index (χ0) is 17.0. The van der Waals surface area contributed by atoms with Gasteiger partial charge in [0.2, 0.25) is 5.91 Å². The molecule has 1 amide bonds. The Morgan fingerprint density at radius 2 is 1.96 bits per heavy atom. The van der Waals surface area contributed by atoms with Gasteiger partial charge in [0.05, 0.1) is 12.3 Å². The largest absolute Gasteiger partial charge is 0.362 e. The second-order valence-corrected chi connectivity index (χ2v) is 7.41. The number of nitrogens with one attached hydrogen (secondary N) is 2. The highest BCUT2D eigenvalue weighted by Gasteiger charge is 2.21. The van der Waals surface area contributed by atoms with Gasteiger partial charge < -0.3 is 15.5 Å². The minimum atomic E-state index is -3.49. The van der Waals surface area contributed by atoms with Crippen LogP contribution in [0.3, 0.4) is 0 Å². The van der Waals surface area contributed by atoms with Gasteiger partial charge in [-0.05, 0) is 43.7 Å². The highest BCUT2D eigenvalue weighted by Crippen LogP contribution is 2.14. The molecule has 126 valence electrons. The Morgan fingerprint density at radius 1 is 1.30 bits per heavy atom. The number of carbonyl (C=O) groups is 1. The Hall–Kier alpha value is -1.93. The highest BCUT2D eigenvalue weighted by molar-refractivity contribution is 7.89. The third kappa shape index (κ3) is 5.04. The van der Waals surface area contributed by atoms with E-state index in [2.05, 4.69) is 15.0 Å². The van der Waals surface area contributed by atoms with E-state index in [1.807, 2.05) is 0 Å². The van der Waals surface area contributed by atoms with E-state index in [-0.39, 0.29) is 11.9 Å². The van der Waals surface area contributed by atoms with Gasteiger partial charge in [0.15, 0.2) is 0 Å². The van der Waals surface area contributed by atoms with Crippen molar-refractivity contribution in [3.63, 3.8) is 0 Å². The normalized spacial score (nSPS) is 18.7. The summed E-state index contributed by atoms with van der Waals surface area (Å²) in [5.41, 5.74) is 1.34. The number of amidine groups is 1. The van der Waals surface area contributed by atoms with Crippen LogP contribution in [0.4, 0.5) is 5.69 Å². The summed E-state index contributed by atoms with van der Waals surface area (Å²) >= 11 is 0. The molecule has 0 saturated carbocycles. The molecule has 2 N–H and O–H groups in total. The van der Waals surface area contributed by atoms with Crippen molar-refractivity contribution in [3.8, 4) is 0 Å². The topological polar surface area (TPSA) is 90.9 Å². The van der Waals surface area contributed by atoms with Gasteiger partial charge in [-0.2, -0.15) is 0 Å². The Morgan fingerprint density at radius 3 is 2.43 bits per heavy atom. The lowest BCUT2D eigenvalue weighted by Gasteiger charge is -2.16. The molecule has 1 atom stereocenters. The molecule has 1 saturated heterocycles. The summed E-state index contributed by atoms with van der Waals surface area (Å²) in [5, 5.41) is 6.00. The Kier molecular flexibility index (Phi) is 5.38. The third-order valence-corrected chi connectivity index (χ3v) is 3.97. The SMILES string of the molecule is CN(C)C(=NS(C)(=O)=O)c1ccc(NC(=O)C2CCCN2)cc1. The summed E-state index contributed by atoms with van der Waals surface area (Å²) < 4.78 is 26.6. The number of benzene rings is 1. The molecule has 1 aromatic rings. The number of rotatable bonds is 4. The molecule has 0 aliphatic carbocycles. The van der Waals surface area contributed by atoms with Crippen LogP contribution in [0.5, 0.6) is 0 Å². The van der Waals surface area contributed by atoms with Crippen LogP contribution in [-0.4, -0.2) is 58.0 Å². The minimum Gasteiger partial charge on any atom is -0.362 e. The van der Waals surface area contributed by atoms with Gasteiger partial charge in [-0.1, -0.05) is 0 Å². The summed E-state index contributed by atoms with van der Waals surface area (Å²) in [6, 6.07) is 6.81. The van der Waals surface area contributed by atoms with Crippen molar-refractivity contribution in [1.82, 2.24) is 10.2 Å². The molecule has 1 aromatic carbocycles. The summed E-state index contributed by atoms with van der Waals surface area (Å²) in [4.78, 5) is 13.7. The van der Waals surface area contributed by atoms with Crippen molar-refractivity contribution in [3.05, 3.63) is 29.8 Å². The molecule has 1 heterocycles. The molecule has 8 heteroatoms. The van der Waals surface area contributed by atoms with Gasteiger partial charge in [0.1, 0.15) is 5.84 Å². The first-order valence-corrected chi connectivity index (χ1v) is 9.23. The zero-order valence-electron chi connectivity index (χ0n) is 13.5. The van der Waals surface area contributed by atoms with Crippen molar-refractivity contribution in [2.24, 2.45) is 4.40 Å². The van der Waals surface area contributed by atoms with E-state index in [0.717, 1.165) is 25.6 Å². The lowest BCUT2D eigenvalue weighted by molar-refractivity contribution is -0.117. The predicted molar refractivity (Wildman–Crippen MR) is 91.2 cm³/mol. The molecule has 7 nitrogen and oxygen atoms in total. The smallest absolute Gasteiger partial charge is 0.252 e. The van der Waals surface area contributed by atoms with Crippen molar-refractivity contribution in [2.45, 2.75) is 18.9 Å². The van der Waals surface area contributed by atoms with Crippen molar-refractivity contribution < 1.29 is 13.2 Å². The quantitative estimate of drug-likeness (QED) is 0.621. The molecule has 0 aromatic heterocycles. The average molecular weight is 338 g/mol. The van der Waals surface area contributed by atoms with E-state index < -0.39 is 10.0 Å². The molecule has 0 spiro atoms. The maximum atomic E-state index is 12.0. The first-order chi connectivity index (χ1) is 10.8. The molecule has 23 heavy (non-hydrogen) atoms. The second-order valence-electron chi connectivity index (χ2n) is 5.76. The first-order valence-electron chi connectivity index (χ1n) is 7.38. The van der Waals surface area contributed by atoms with Gasteiger partial charge in [-0.3, -0.25) is 4.79 Å². The number of carbonyl (C=O) groups excluding carboxylic acids is 1. The third-order valence-electron chi connectivity index (χ3n) is 3.46. The molecule has 1 aliphatic heterocycles. The number of anilines is 1. The lowest BCUT2D eigenvalue weighted by atomic mass is 10.1. The van der Waals surface area contributed by atoms with Crippen molar-refractivity contribution >= 4 is 27.5 Å². The van der Waals surface area contributed by atoms with E-state index in [1.165, 1.54) is 0 Å². The van der Waals surface area contributed by atoms with Gasteiger partial charge in [-0.25, -0.2) is 8.42 Å². The molecule has 2 rings (SSSR count). The zero-order valence-corrected chi connectivity index (χ0v) is 14.4. The van der Waals surface area contributed by atoms with Crippen LogP contribution >= 0.6 is 0 Å². The fraction of sp³-hybridized carbons (Fsp3) is 0.467. The molecule has 0 radical (unpaired) electrons. The summed E-state index contributed by atoms with van der Waals surface area (Å²) in [6.07, 6.45) is 2.90. The van der Waals surface area contributed by atoms with E-state index in [0.29, 0.717) is 17.1 Å². The van der Waals surface area contributed by atoms with Crippen LogP contribution in [-0.2, 0) is 14.8 Å². The molecule has 1 fully saturated rings. The summed E-state index contributed by atoms with van der Waals surface area (Å²) in [5.74, 6) is 0.302. The van der Waals surface area contributed by atoms with E-state index in [1.54, 1.807) is 43.3 Å². The Labute approximate surface area is 136 Å². The van der Waals surface area contributed by atoms with Crippen LogP contribution in [0.1, 0.15) is 18.4 Å². The first kappa shape index (κ1) is 17.4. The number of sulfonamides is 1. The van der Waals surface area contributed by atoms with Gasteiger partial charge >= 0.3 is 0 Å². The maximum Gasteiger partial charge on any atom is 0.252 e. The maximum absolute atomic E-state index is 12.0. The van der Waals surface area contributed by atoms with Gasteiger partial charge in [0.25, 0.3) is 10.0 Å². The van der Waals surface area contributed by atoms with Crippen molar-refractivity contribution in [2.75, 3.05) is 32.2 Å². The minimum absolute atomic E-state index is 0.0483. The average Bonchev–Trinajstić information content (AvgIpc) is 2.99. The van der Waals surface area contributed by atoms with E-state index >= 15 is 0 Å². The van der Waals surface area contributed by atoms with Gasteiger partial charge in [-0.15, -0.1) is 4.40 Å².